The second kappa shape index (κ2) is 18.1. The van der Waals surface area contributed by atoms with E-state index in [-0.39, 0.29) is 18.3 Å². The molecule has 2 aromatic carbocycles. The molecule has 0 radical (unpaired) electrons. The summed E-state index contributed by atoms with van der Waals surface area (Å²) < 4.78 is 5.20. The first-order chi connectivity index (χ1) is 21.8. The van der Waals surface area contributed by atoms with Gasteiger partial charge in [0.15, 0.2) is 5.82 Å². The molecule has 0 saturated carbocycles. The number of carboxylic acid groups (broad SMARTS) is 1. The van der Waals surface area contributed by atoms with Gasteiger partial charge in [-0.2, -0.15) is 4.98 Å². The number of ether oxygens (including phenoxy) is 1. The average molecular weight is 620 g/mol. The van der Waals surface area contributed by atoms with E-state index in [1.54, 1.807) is 30.3 Å². The maximum Gasteiger partial charge on any atom is 0.326 e. The zero-order valence-electron chi connectivity index (χ0n) is 26.6. The van der Waals surface area contributed by atoms with Gasteiger partial charge in [-0.05, 0) is 56.9 Å². The van der Waals surface area contributed by atoms with Crippen molar-refractivity contribution in [1.82, 2.24) is 20.2 Å². The van der Waals surface area contributed by atoms with Crippen molar-refractivity contribution >= 4 is 35.9 Å². The molecule has 1 atom stereocenters. The zero-order valence-corrected chi connectivity index (χ0v) is 26.6. The number of hydrogen-bond acceptors (Lipinski definition) is 8. The minimum atomic E-state index is -1.04. The summed E-state index contributed by atoms with van der Waals surface area (Å²) in [6, 6.07) is 15.5. The van der Waals surface area contributed by atoms with Crippen LogP contribution in [-0.2, 0) is 22.6 Å². The van der Waals surface area contributed by atoms with Gasteiger partial charge in [-0.25, -0.2) is 14.6 Å². The molecule has 0 spiro atoms. The first-order valence-electron chi connectivity index (χ1n) is 15.4. The van der Waals surface area contributed by atoms with Crippen molar-refractivity contribution in [2.75, 3.05) is 55.0 Å². The smallest absolute Gasteiger partial charge is 0.326 e. The van der Waals surface area contributed by atoms with E-state index in [1.807, 2.05) is 68.1 Å². The molecule has 12 nitrogen and oxygen atoms in total. The van der Waals surface area contributed by atoms with Crippen molar-refractivity contribution in [1.29, 1.82) is 0 Å². The lowest BCUT2D eigenvalue weighted by Gasteiger charge is -2.27. The minimum absolute atomic E-state index is 0.204. The van der Waals surface area contributed by atoms with Crippen LogP contribution in [0.5, 0.6) is 5.75 Å². The summed E-state index contributed by atoms with van der Waals surface area (Å²) in [6.45, 7) is 9.83. The Morgan fingerprint density at radius 3 is 2.20 bits per heavy atom. The standard InChI is InChI=1S/C28H36N6O4.C5H9NO/c1-5-33(6-2)27-29-19-24(34(7-3)28(37)30-18-21-11-9-8-10-12-21)25(32-27)31-23(26(35)36)17-20-13-15-22(38-4)16-14-20;7-5-6-3-1-2-4-6/h8-16,19,23H,5-7,17-18H2,1-4H3,(H,30,37)(H,35,36)(H,29,31,32);5H,1-4H2. The van der Waals surface area contributed by atoms with E-state index in [0.29, 0.717) is 43.6 Å². The highest BCUT2D eigenvalue weighted by molar-refractivity contribution is 5.95. The van der Waals surface area contributed by atoms with Crippen LogP contribution < -0.4 is 25.2 Å². The monoisotopic (exact) mass is 619 g/mol. The molecule has 242 valence electrons. The maximum atomic E-state index is 13.2. The molecule has 0 aliphatic carbocycles. The number of likely N-dealkylation sites (tertiary alicyclic amines) is 1. The highest BCUT2D eigenvalue weighted by Gasteiger charge is 2.25. The van der Waals surface area contributed by atoms with Gasteiger partial charge in [-0.15, -0.1) is 0 Å². The highest BCUT2D eigenvalue weighted by Crippen LogP contribution is 2.27. The predicted molar refractivity (Wildman–Crippen MR) is 176 cm³/mol. The topological polar surface area (TPSA) is 140 Å². The fourth-order valence-corrected chi connectivity index (χ4v) is 4.83. The number of anilines is 3. The number of carbonyl (C=O) groups excluding carboxylic acids is 2. The molecule has 4 rings (SSSR count). The summed E-state index contributed by atoms with van der Waals surface area (Å²) in [5, 5.41) is 16.0. The molecule has 1 fully saturated rings. The quantitative estimate of drug-likeness (QED) is 0.224. The van der Waals surface area contributed by atoms with E-state index in [4.69, 9.17) is 4.74 Å². The number of hydrogen-bond donors (Lipinski definition) is 3. The molecular weight excluding hydrogens is 574 g/mol. The molecule has 45 heavy (non-hydrogen) atoms. The molecule has 1 saturated heterocycles. The third-order valence-corrected chi connectivity index (χ3v) is 7.44. The SMILES string of the molecule is CCN(CC)c1ncc(N(CC)C(=O)NCc2ccccc2)c(NC(Cc2ccc(OC)cc2)C(=O)O)n1.O=CN1CCCC1. The minimum Gasteiger partial charge on any atom is -0.497 e. The van der Waals surface area contributed by atoms with E-state index in [1.165, 1.54) is 17.7 Å². The number of urea groups is 1. The van der Waals surface area contributed by atoms with Crippen LogP contribution in [0.15, 0.2) is 60.8 Å². The van der Waals surface area contributed by atoms with Crippen LogP contribution in [0.25, 0.3) is 0 Å². The van der Waals surface area contributed by atoms with Gasteiger partial charge in [-0.1, -0.05) is 42.5 Å². The second-order valence-electron chi connectivity index (χ2n) is 10.4. The van der Waals surface area contributed by atoms with E-state index in [0.717, 1.165) is 30.6 Å². The molecule has 0 bridgehead atoms. The largest absolute Gasteiger partial charge is 0.497 e. The van der Waals surface area contributed by atoms with Crippen molar-refractivity contribution in [3.8, 4) is 5.75 Å². The number of rotatable bonds is 14. The Morgan fingerprint density at radius 2 is 1.67 bits per heavy atom. The number of carbonyl (C=O) groups is 3. The van der Waals surface area contributed by atoms with Crippen molar-refractivity contribution in [3.05, 3.63) is 71.9 Å². The van der Waals surface area contributed by atoms with Gasteiger partial charge in [0, 0.05) is 45.7 Å². The van der Waals surface area contributed by atoms with Crippen LogP contribution in [0.1, 0.15) is 44.7 Å². The lowest BCUT2D eigenvalue weighted by atomic mass is 10.1. The fourth-order valence-electron chi connectivity index (χ4n) is 4.83. The number of amides is 3. The van der Waals surface area contributed by atoms with Crippen LogP contribution in [-0.4, -0.2) is 84.3 Å². The molecule has 1 aliphatic rings. The molecule has 1 aromatic heterocycles. The van der Waals surface area contributed by atoms with Crippen LogP contribution in [0.2, 0.25) is 0 Å². The Bertz CT molecular complexity index is 1350. The van der Waals surface area contributed by atoms with Gasteiger partial charge in [0.05, 0.1) is 13.3 Å². The summed E-state index contributed by atoms with van der Waals surface area (Å²) >= 11 is 0. The van der Waals surface area contributed by atoms with Crippen LogP contribution in [0, 0.1) is 0 Å². The number of nitrogens with zero attached hydrogens (tertiary/aromatic N) is 5. The molecule has 3 amide bonds. The number of carboxylic acids is 1. The zero-order chi connectivity index (χ0) is 32.6. The third-order valence-electron chi connectivity index (χ3n) is 7.44. The summed E-state index contributed by atoms with van der Waals surface area (Å²) in [6.07, 6.45) is 5.08. The number of benzene rings is 2. The molecular formula is C33H45N7O5. The van der Waals surface area contributed by atoms with Gasteiger partial charge in [-0.3, -0.25) is 9.69 Å². The molecule has 1 unspecified atom stereocenters. The molecule has 3 N–H and O–H groups in total. The summed E-state index contributed by atoms with van der Waals surface area (Å²) in [7, 11) is 1.58. The van der Waals surface area contributed by atoms with E-state index in [9.17, 15) is 19.5 Å². The fraction of sp³-hybridized carbons (Fsp3) is 0.424. The number of nitrogens with one attached hydrogen (secondary N) is 2. The Morgan fingerprint density at radius 1 is 1.00 bits per heavy atom. The van der Waals surface area contributed by atoms with Gasteiger partial charge < -0.3 is 30.3 Å². The van der Waals surface area contributed by atoms with Crippen molar-refractivity contribution in [3.63, 3.8) is 0 Å². The molecule has 3 aromatic rings. The first kappa shape index (κ1) is 34.6. The number of aliphatic carboxylic acids is 1. The maximum absolute atomic E-state index is 13.2. The van der Waals surface area contributed by atoms with Crippen LogP contribution in [0.3, 0.4) is 0 Å². The van der Waals surface area contributed by atoms with Crippen molar-refractivity contribution < 1.29 is 24.2 Å². The van der Waals surface area contributed by atoms with Crippen LogP contribution in [0.4, 0.5) is 22.2 Å². The molecule has 1 aliphatic heterocycles. The van der Waals surface area contributed by atoms with Gasteiger partial charge >= 0.3 is 12.0 Å². The number of methoxy groups -OCH3 is 1. The average Bonchev–Trinajstić information content (AvgIpc) is 3.61. The van der Waals surface area contributed by atoms with Gasteiger partial charge in [0.25, 0.3) is 0 Å². The van der Waals surface area contributed by atoms with Gasteiger partial charge in [0.1, 0.15) is 17.5 Å². The summed E-state index contributed by atoms with van der Waals surface area (Å²) in [5.74, 6) is 0.386. The number of aromatic nitrogens is 2. The summed E-state index contributed by atoms with van der Waals surface area (Å²) in [4.78, 5) is 49.8. The predicted octanol–water partition coefficient (Wildman–Crippen LogP) is 4.41. The first-order valence-corrected chi connectivity index (χ1v) is 15.4. The van der Waals surface area contributed by atoms with Crippen molar-refractivity contribution in [2.45, 2.75) is 52.6 Å². The second-order valence-corrected chi connectivity index (χ2v) is 10.4. The highest BCUT2D eigenvalue weighted by atomic mass is 16.5. The Hall–Kier alpha value is -4.87. The summed E-state index contributed by atoms with van der Waals surface area (Å²) in [5.41, 5.74) is 2.18. The Labute approximate surface area is 265 Å². The van der Waals surface area contributed by atoms with E-state index in [2.05, 4.69) is 20.6 Å². The normalized spacial score (nSPS) is 12.8. The van der Waals surface area contributed by atoms with Gasteiger partial charge in [0.2, 0.25) is 12.4 Å². The van der Waals surface area contributed by atoms with E-state index < -0.39 is 12.0 Å². The van der Waals surface area contributed by atoms with Crippen molar-refractivity contribution in [2.24, 2.45) is 0 Å². The molecule has 12 heteroatoms. The lowest BCUT2D eigenvalue weighted by molar-refractivity contribution is -0.137. The lowest BCUT2D eigenvalue weighted by Crippen LogP contribution is -2.41. The Kier molecular flexibility index (Phi) is 13.9. The molecule has 2 heterocycles. The van der Waals surface area contributed by atoms with E-state index >= 15 is 0 Å². The third kappa shape index (κ3) is 10.4. The Balaban J connectivity index is 0.000000693. The van der Waals surface area contributed by atoms with Crippen LogP contribution >= 0.6 is 0 Å².